The van der Waals surface area contributed by atoms with Crippen molar-refractivity contribution in [3.05, 3.63) is 39.8 Å². The number of anilines is 1. The van der Waals surface area contributed by atoms with Crippen molar-refractivity contribution in [2.45, 2.75) is 6.42 Å². The molecule has 2 bridgehead atoms. The second-order valence-corrected chi connectivity index (χ2v) is 6.77. The van der Waals surface area contributed by atoms with Gasteiger partial charge in [0.05, 0.1) is 22.5 Å². The van der Waals surface area contributed by atoms with E-state index in [-0.39, 0.29) is 17.7 Å². The zero-order valence-electron chi connectivity index (χ0n) is 10.9. The van der Waals surface area contributed by atoms with Gasteiger partial charge in [-0.3, -0.25) is 9.59 Å². The molecule has 3 rings (SSSR count). The molecule has 0 radical (unpaired) electrons. The predicted molar refractivity (Wildman–Crippen MR) is 83.1 cm³/mol. The van der Waals surface area contributed by atoms with Crippen molar-refractivity contribution in [1.82, 2.24) is 0 Å². The van der Waals surface area contributed by atoms with Gasteiger partial charge in [-0.2, -0.15) is 0 Å². The maximum absolute atomic E-state index is 12.5. The van der Waals surface area contributed by atoms with E-state index in [4.69, 9.17) is 11.6 Å². The molecule has 0 aromatic heterocycles. The third-order valence-electron chi connectivity index (χ3n) is 4.24. The van der Waals surface area contributed by atoms with Gasteiger partial charge in [-0.25, -0.2) is 0 Å². The summed E-state index contributed by atoms with van der Waals surface area (Å²) < 4.78 is 0.816. The fraction of sp³-hybridized carbons (Fsp3) is 0.333. The van der Waals surface area contributed by atoms with Crippen LogP contribution in [0.25, 0.3) is 0 Å². The quantitative estimate of drug-likeness (QED) is 0.800. The highest BCUT2D eigenvalue weighted by atomic mass is 79.9. The monoisotopic (exact) mass is 369 g/mol. The minimum absolute atomic E-state index is 0.00493. The zero-order valence-corrected chi connectivity index (χ0v) is 13.3. The number of nitrogens with one attached hydrogen (secondary N) is 1. The minimum Gasteiger partial charge on any atom is -0.481 e. The fourth-order valence-corrected chi connectivity index (χ4v) is 4.04. The predicted octanol–water partition coefficient (Wildman–Crippen LogP) is 3.56. The Morgan fingerprint density at radius 3 is 2.52 bits per heavy atom. The maximum Gasteiger partial charge on any atom is 0.307 e. The molecule has 110 valence electrons. The van der Waals surface area contributed by atoms with Crippen molar-refractivity contribution in [1.29, 1.82) is 0 Å². The van der Waals surface area contributed by atoms with E-state index in [1.54, 1.807) is 18.2 Å². The Hall–Kier alpha value is -1.33. The SMILES string of the molecule is O=C(O)C1C2C=CC(C2)C1C(=O)Nc1ccc(Br)cc1Cl. The van der Waals surface area contributed by atoms with E-state index in [2.05, 4.69) is 21.2 Å². The van der Waals surface area contributed by atoms with Gasteiger partial charge in [0, 0.05) is 4.47 Å². The molecule has 1 aromatic carbocycles. The van der Waals surface area contributed by atoms with Crippen molar-refractivity contribution in [2.75, 3.05) is 5.32 Å². The molecular formula is C15H13BrClNO3. The summed E-state index contributed by atoms with van der Waals surface area (Å²) in [6.45, 7) is 0. The van der Waals surface area contributed by atoms with Gasteiger partial charge in [0.1, 0.15) is 0 Å². The van der Waals surface area contributed by atoms with E-state index in [1.807, 2.05) is 12.2 Å². The van der Waals surface area contributed by atoms with E-state index in [0.717, 1.165) is 10.9 Å². The van der Waals surface area contributed by atoms with Gasteiger partial charge < -0.3 is 10.4 Å². The van der Waals surface area contributed by atoms with E-state index >= 15 is 0 Å². The van der Waals surface area contributed by atoms with Crippen LogP contribution in [-0.2, 0) is 9.59 Å². The zero-order chi connectivity index (χ0) is 15.1. The van der Waals surface area contributed by atoms with Crippen LogP contribution in [0, 0.1) is 23.7 Å². The summed E-state index contributed by atoms with van der Waals surface area (Å²) in [4.78, 5) is 23.9. The van der Waals surface area contributed by atoms with Crippen LogP contribution >= 0.6 is 27.5 Å². The number of hydrogen-bond donors (Lipinski definition) is 2. The number of aliphatic carboxylic acids is 1. The lowest BCUT2D eigenvalue weighted by Crippen LogP contribution is -2.36. The number of allylic oxidation sites excluding steroid dienone is 2. The third kappa shape index (κ3) is 2.60. The number of amides is 1. The second kappa shape index (κ2) is 5.46. The highest BCUT2D eigenvalue weighted by Gasteiger charge is 2.51. The van der Waals surface area contributed by atoms with Crippen LogP contribution < -0.4 is 5.32 Å². The minimum atomic E-state index is -0.908. The third-order valence-corrected chi connectivity index (χ3v) is 5.04. The van der Waals surface area contributed by atoms with Gasteiger partial charge >= 0.3 is 5.97 Å². The molecule has 4 nitrogen and oxygen atoms in total. The lowest BCUT2D eigenvalue weighted by Gasteiger charge is -2.24. The number of benzene rings is 1. The summed E-state index contributed by atoms with van der Waals surface area (Å²) in [6.07, 6.45) is 4.61. The van der Waals surface area contributed by atoms with Crippen LogP contribution in [0.15, 0.2) is 34.8 Å². The van der Waals surface area contributed by atoms with Crippen molar-refractivity contribution in [2.24, 2.45) is 23.7 Å². The number of hydrogen-bond acceptors (Lipinski definition) is 2. The van der Waals surface area contributed by atoms with Crippen LogP contribution in [-0.4, -0.2) is 17.0 Å². The van der Waals surface area contributed by atoms with Crippen molar-refractivity contribution >= 4 is 45.1 Å². The highest BCUT2D eigenvalue weighted by Crippen LogP contribution is 2.48. The molecule has 2 aliphatic carbocycles. The van der Waals surface area contributed by atoms with Crippen LogP contribution in [0.3, 0.4) is 0 Å². The van der Waals surface area contributed by atoms with Gasteiger partial charge in [-0.1, -0.05) is 39.7 Å². The number of carbonyl (C=O) groups is 2. The summed E-state index contributed by atoms with van der Waals surface area (Å²) >= 11 is 9.38. The first-order valence-corrected chi connectivity index (χ1v) is 7.81. The molecule has 1 aromatic rings. The first-order chi connectivity index (χ1) is 9.97. The molecule has 0 aliphatic heterocycles. The molecule has 0 saturated heterocycles. The van der Waals surface area contributed by atoms with Crippen molar-refractivity contribution in [3.8, 4) is 0 Å². The van der Waals surface area contributed by atoms with Gasteiger partial charge in [0.25, 0.3) is 0 Å². The highest BCUT2D eigenvalue weighted by molar-refractivity contribution is 9.10. The Balaban J connectivity index is 1.82. The topological polar surface area (TPSA) is 66.4 Å². The normalized spacial score (nSPS) is 29.6. The summed E-state index contributed by atoms with van der Waals surface area (Å²) in [5.74, 6) is -2.39. The molecule has 4 atom stereocenters. The molecule has 0 heterocycles. The van der Waals surface area contributed by atoms with Crippen molar-refractivity contribution in [3.63, 3.8) is 0 Å². The fourth-order valence-electron chi connectivity index (χ4n) is 3.32. The Morgan fingerprint density at radius 1 is 1.24 bits per heavy atom. The summed E-state index contributed by atoms with van der Waals surface area (Å²) in [7, 11) is 0. The van der Waals surface area contributed by atoms with E-state index < -0.39 is 17.8 Å². The number of carboxylic acids is 1. The van der Waals surface area contributed by atoms with E-state index in [1.165, 1.54) is 0 Å². The van der Waals surface area contributed by atoms with E-state index in [0.29, 0.717) is 10.7 Å². The summed E-state index contributed by atoms with van der Waals surface area (Å²) in [5.41, 5.74) is 0.501. The smallest absolute Gasteiger partial charge is 0.307 e. The molecule has 1 fully saturated rings. The molecule has 2 N–H and O–H groups in total. The molecule has 4 unspecified atom stereocenters. The summed E-state index contributed by atoms with van der Waals surface area (Å²) in [6, 6.07) is 5.16. The second-order valence-electron chi connectivity index (χ2n) is 5.45. The number of carboxylic acid groups (broad SMARTS) is 1. The molecule has 21 heavy (non-hydrogen) atoms. The Morgan fingerprint density at radius 2 is 1.90 bits per heavy atom. The lowest BCUT2D eigenvalue weighted by molar-refractivity contribution is -0.146. The first kappa shape index (κ1) is 14.6. The Kier molecular flexibility index (Phi) is 3.80. The number of carbonyl (C=O) groups excluding carboxylic acids is 1. The molecular weight excluding hydrogens is 358 g/mol. The molecule has 1 saturated carbocycles. The average Bonchev–Trinajstić information content (AvgIpc) is 3.02. The molecule has 2 aliphatic rings. The van der Waals surface area contributed by atoms with Gasteiger partial charge in [-0.05, 0) is 36.5 Å². The van der Waals surface area contributed by atoms with Crippen LogP contribution in [0.5, 0.6) is 0 Å². The standard InChI is InChI=1S/C15H13BrClNO3/c16-9-3-4-11(10(17)6-9)18-14(19)12-7-1-2-8(5-7)13(12)15(20)21/h1-4,6-8,12-13H,5H2,(H,18,19)(H,20,21). The number of halogens is 2. The molecule has 6 heteroatoms. The maximum atomic E-state index is 12.5. The summed E-state index contributed by atoms with van der Waals surface area (Å²) in [5, 5.41) is 12.5. The lowest BCUT2D eigenvalue weighted by atomic mass is 9.82. The van der Waals surface area contributed by atoms with Crippen LogP contribution in [0.4, 0.5) is 5.69 Å². The van der Waals surface area contributed by atoms with Crippen LogP contribution in [0.2, 0.25) is 5.02 Å². The van der Waals surface area contributed by atoms with Gasteiger partial charge in [-0.15, -0.1) is 0 Å². The molecule has 0 spiro atoms. The number of fused-ring (bicyclic) bond motifs is 2. The van der Waals surface area contributed by atoms with E-state index in [9.17, 15) is 14.7 Å². The first-order valence-electron chi connectivity index (χ1n) is 6.64. The van der Waals surface area contributed by atoms with Crippen LogP contribution in [0.1, 0.15) is 6.42 Å². The largest absolute Gasteiger partial charge is 0.481 e. The molecule has 1 amide bonds. The van der Waals surface area contributed by atoms with Gasteiger partial charge in [0.15, 0.2) is 0 Å². The number of rotatable bonds is 3. The Labute approximate surface area is 135 Å². The van der Waals surface area contributed by atoms with Crippen molar-refractivity contribution < 1.29 is 14.7 Å². The average molecular weight is 371 g/mol. The van der Waals surface area contributed by atoms with Gasteiger partial charge in [0.2, 0.25) is 5.91 Å². The Bertz CT molecular complexity index is 646.